The van der Waals surface area contributed by atoms with Crippen LogP contribution in [0.3, 0.4) is 0 Å². The number of guanidine groups is 2. The summed E-state index contributed by atoms with van der Waals surface area (Å²) in [6, 6.07) is -0.506. The number of nitrogens with one attached hydrogen (secondary N) is 3. The molecule has 0 aromatic carbocycles. The Morgan fingerprint density at radius 2 is 2.07 bits per heavy atom. The molecule has 5 heterocycles. The summed E-state index contributed by atoms with van der Waals surface area (Å²) < 4.78 is 0.735. The molecule has 0 unspecified atom stereocenters. The van der Waals surface area contributed by atoms with Crippen molar-refractivity contribution in [1.82, 2.24) is 20.5 Å². The topological polar surface area (TPSA) is 183 Å². The number of rotatable bonds is 1. The Balaban J connectivity index is 1.61. The number of fused-ring (bicyclic) bond motifs is 4. The number of carbonyl (C=O) groups excluding carboxylic acids is 1. The fourth-order valence-corrected chi connectivity index (χ4v) is 7.76. The minimum absolute atomic E-state index is 0.105. The van der Waals surface area contributed by atoms with Crippen LogP contribution >= 0.6 is 27.5 Å². The summed E-state index contributed by atoms with van der Waals surface area (Å²) in [7, 11) is 0. The monoisotopic (exact) mass is 497 g/mol. The summed E-state index contributed by atoms with van der Waals surface area (Å²) in [5, 5.41) is 17.0. The Kier molecular flexibility index (Phi) is 3.50. The van der Waals surface area contributed by atoms with Crippen LogP contribution in [-0.2, 0) is 0 Å². The lowest BCUT2D eigenvalue weighted by molar-refractivity contribution is -0.0124. The van der Waals surface area contributed by atoms with Gasteiger partial charge in [0.25, 0.3) is 5.91 Å². The van der Waals surface area contributed by atoms with Crippen molar-refractivity contribution in [3.05, 3.63) is 21.9 Å². The van der Waals surface area contributed by atoms with Gasteiger partial charge >= 0.3 is 0 Å². The lowest BCUT2D eigenvalue weighted by atomic mass is 9.70. The number of hydrogen-bond donors (Lipinski definition) is 7. The van der Waals surface area contributed by atoms with Crippen LogP contribution in [0.5, 0.6) is 0 Å². The van der Waals surface area contributed by atoms with Crippen LogP contribution in [0.15, 0.2) is 20.7 Å². The number of hydrogen-bond acceptors (Lipinski definition) is 9. The molecule has 6 rings (SSSR count). The summed E-state index contributed by atoms with van der Waals surface area (Å²) >= 11 is 10.5. The molecule has 30 heavy (non-hydrogen) atoms. The first kappa shape index (κ1) is 18.7. The zero-order chi connectivity index (χ0) is 21.2. The van der Waals surface area contributed by atoms with E-state index in [4.69, 9.17) is 28.8 Å². The molecule has 0 radical (unpaired) electrons. The van der Waals surface area contributed by atoms with Crippen molar-refractivity contribution >= 4 is 45.4 Å². The van der Waals surface area contributed by atoms with Gasteiger partial charge in [-0.2, -0.15) is 0 Å². The lowest BCUT2D eigenvalue weighted by Gasteiger charge is -2.51. The largest absolute Gasteiger partial charge is 0.370 e. The summed E-state index contributed by atoms with van der Waals surface area (Å²) in [5.41, 5.74) is 17.3. The molecule has 5 aliphatic rings. The van der Waals surface area contributed by atoms with Crippen molar-refractivity contribution in [2.24, 2.45) is 44.9 Å². The van der Waals surface area contributed by atoms with Crippen molar-refractivity contribution in [2.45, 2.75) is 28.8 Å². The van der Waals surface area contributed by atoms with Gasteiger partial charge in [0.15, 0.2) is 18.1 Å². The quantitative estimate of drug-likeness (QED) is 0.225. The molecule has 2 spiro atoms. The van der Waals surface area contributed by atoms with E-state index in [0.29, 0.717) is 18.8 Å². The molecule has 1 aromatic rings. The molecule has 10 N–H and O–H groups in total. The Labute approximate surface area is 184 Å². The molecule has 1 saturated heterocycles. The first-order valence-electron chi connectivity index (χ1n) is 9.71. The van der Waals surface area contributed by atoms with Gasteiger partial charge in [0.05, 0.1) is 5.38 Å². The Morgan fingerprint density at radius 3 is 2.73 bits per heavy atom. The number of halogens is 2. The van der Waals surface area contributed by atoms with Crippen LogP contribution in [0.1, 0.15) is 22.1 Å². The number of amides is 1. The van der Waals surface area contributed by atoms with Gasteiger partial charge in [0, 0.05) is 28.7 Å². The summed E-state index contributed by atoms with van der Waals surface area (Å²) in [5.74, 6) is -0.555. The zero-order valence-electron chi connectivity index (χ0n) is 15.6. The number of aliphatic hydroxyl groups excluding tert-OH is 1. The third kappa shape index (κ3) is 1.80. The maximum atomic E-state index is 13.6. The molecular weight excluding hydrogens is 478 g/mol. The first-order chi connectivity index (χ1) is 14.3. The van der Waals surface area contributed by atoms with Crippen molar-refractivity contribution in [1.29, 1.82) is 0 Å². The molecule has 2 fully saturated rings. The maximum absolute atomic E-state index is 13.6. The standard InChI is InChI=1S/C17H21BrClN9O2/c18-6-2-23-8-7(6)11-17(27-14(21)24-11)9-5(3-28(17)12(8)29)4(1-20)10(19)16(9)13(30)25-15(22)26-16/h2,4-5,9-11,13,23,30H,1,3,20H2,(H3,21,24,27)(H3,22,25,26)/t4-,5+,9+,10-,11+,13-,16+,17-/m1/s1. The summed E-state index contributed by atoms with van der Waals surface area (Å²) in [6.45, 7) is 0.687. The molecule has 4 aliphatic heterocycles. The molecule has 1 amide bonds. The normalized spacial score (nSPS) is 45.5. The molecule has 0 bridgehead atoms. The van der Waals surface area contributed by atoms with E-state index in [1.54, 1.807) is 11.1 Å². The number of aromatic nitrogens is 1. The van der Waals surface area contributed by atoms with Gasteiger partial charge in [0.2, 0.25) is 0 Å². The number of carbonyl (C=O) groups is 1. The molecule has 160 valence electrons. The maximum Gasteiger partial charge on any atom is 0.272 e. The van der Waals surface area contributed by atoms with E-state index in [1.165, 1.54) is 0 Å². The van der Waals surface area contributed by atoms with Gasteiger partial charge in [-0.05, 0) is 34.3 Å². The molecule has 8 atom stereocenters. The Hall–Kier alpha value is -2.02. The van der Waals surface area contributed by atoms with Crippen LogP contribution in [0.25, 0.3) is 0 Å². The smallest absolute Gasteiger partial charge is 0.272 e. The predicted octanol–water partition coefficient (Wildman–Crippen LogP) is -1.69. The van der Waals surface area contributed by atoms with Crippen molar-refractivity contribution < 1.29 is 9.90 Å². The average Bonchev–Trinajstić information content (AvgIpc) is 3.43. The number of aromatic amines is 1. The van der Waals surface area contributed by atoms with Crippen LogP contribution in [0.2, 0.25) is 0 Å². The van der Waals surface area contributed by atoms with E-state index in [2.05, 4.69) is 41.5 Å². The third-order valence-corrected chi connectivity index (χ3v) is 8.90. The van der Waals surface area contributed by atoms with Crippen LogP contribution in [0.4, 0.5) is 0 Å². The molecular formula is C17H21BrClN9O2. The van der Waals surface area contributed by atoms with Gasteiger partial charge in [-0.25, -0.2) is 9.98 Å². The summed E-state index contributed by atoms with van der Waals surface area (Å²) in [4.78, 5) is 27.2. The number of nitrogens with zero attached hydrogens (tertiary/aromatic N) is 3. The van der Waals surface area contributed by atoms with Crippen molar-refractivity contribution in [2.75, 3.05) is 13.1 Å². The van der Waals surface area contributed by atoms with Crippen LogP contribution < -0.4 is 27.8 Å². The second kappa shape index (κ2) is 5.61. The lowest BCUT2D eigenvalue weighted by Crippen LogP contribution is -2.73. The molecule has 11 nitrogen and oxygen atoms in total. The average molecular weight is 499 g/mol. The van der Waals surface area contributed by atoms with Crippen molar-refractivity contribution in [3.8, 4) is 0 Å². The minimum atomic E-state index is -1.20. The predicted molar refractivity (Wildman–Crippen MR) is 112 cm³/mol. The molecule has 1 aliphatic carbocycles. The van der Waals surface area contributed by atoms with Gasteiger partial charge in [-0.1, -0.05) is 0 Å². The van der Waals surface area contributed by atoms with Gasteiger partial charge in [-0.15, -0.1) is 11.6 Å². The highest BCUT2D eigenvalue weighted by atomic mass is 79.9. The highest BCUT2D eigenvalue weighted by molar-refractivity contribution is 9.10. The second-order valence-electron chi connectivity index (χ2n) is 8.60. The molecule has 13 heteroatoms. The van der Waals surface area contributed by atoms with E-state index in [1.807, 2.05) is 0 Å². The number of H-pyrrole nitrogens is 1. The van der Waals surface area contributed by atoms with Crippen LogP contribution in [0, 0.1) is 17.8 Å². The second-order valence-corrected chi connectivity index (χ2v) is 9.92. The Morgan fingerprint density at radius 1 is 1.33 bits per heavy atom. The third-order valence-electron chi connectivity index (χ3n) is 7.56. The number of aliphatic imine (C=N–C) groups is 2. The zero-order valence-corrected chi connectivity index (χ0v) is 18.0. The molecule has 1 saturated carbocycles. The van der Waals surface area contributed by atoms with Crippen LogP contribution in [-0.4, -0.2) is 68.7 Å². The number of alkyl halides is 1. The van der Waals surface area contributed by atoms with E-state index in [0.717, 1.165) is 10.0 Å². The molecule has 1 aromatic heterocycles. The van der Waals surface area contributed by atoms with E-state index in [-0.39, 0.29) is 29.7 Å². The Bertz CT molecular complexity index is 1040. The van der Waals surface area contributed by atoms with E-state index < -0.39 is 34.8 Å². The SMILES string of the molecule is NC[C@@H]1[C@@H]2CN3C(=O)c4[nH]cc(Br)c4[C@@H]4N=C(N)N[C@@]43[C@@H]2[C@]2(NC(N)=N[C@@H]2O)[C@@H]1Cl. The van der Waals surface area contributed by atoms with Crippen molar-refractivity contribution in [3.63, 3.8) is 0 Å². The van der Waals surface area contributed by atoms with E-state index >= 15 is 0 Å². The first-order valence-corrected chi connectivity index (χ1v) is 10.9. The fraction of sp³-hybridized carbons (Fsp3) is 0.588. The van der Waals surface area contributed by atoms with Gasteiger partial charge < -0.3 is 42.8 Å². The highest BCUT2D eigenvalue weighted by Crippen LogP contribution is 2.64. The summed E-state index contributed by atoms with van der Waals surface area (Å²) in [6.07, 6.45) is 0.523. The van der Waals surface area contributed by atoms with Gasteiger partial charge in [-0.3, -0.25) is 4.79 Å². The van der Waals surface area contributed by atoms with E-state index in [9.17, 15) is 9.90 Å². The highest BCUT2D eigenvalue weighted by Gasteiger charge is 2.79. The number of aliphatic hydroxyl groups is 1. The minimum Gasteiger partial charge on any atom is -0.370 e. The number of nitrogens with two attached hydrogens (primary N) is 3. The fourth-order valence-electron chi connectivity index (χ4n) is 6.64. The van der Waals surface area contributed by atoms with Gasteiger partial charge in [0.1, 0.15) is 22.9 Å².